The van der Waals surface area contributed by atoms with Crippen LogP contribution in [0.2, 0.25) is 0 Å². The molecule has 0 aromatic rings. The van der Waals surface area contributed by atoms with Crippen LogP contribution in [0, 0.1) is 0 Å². The van der Waals surface area contributed by atoms with Gasteiger partial charge in [-0.3, -0.25) is 0 Å². The van der Waals surface area contributed by atoms with Crippen molar-refractivity contribution >= 4 is 0 Å². The van der Waals surface area contributed by atoms with E-state index in [1.807, 2.05) is 0 Å². The first-order valence-electron chi connectivity index (χ1n) is 6.99. The van der Waals surface area contributed by atoms with E-state index in [-0.39, 0.29) is 0 Å². The smallest absolute Gasteiger partial charge is 0.0107 e. The zero-order chi connectivity index (χ0) is 11.2. The van der Waals surface area contributed by atoms with Crippen molar-refractivity contribution in [3.05, 3.63) is 12.2 Å². The molecule has 1 heterocycles. The molecule has 0 saturated carbocycles. The number of hydrogen-bond donors (Lipinski definition) is 2. The Morgan fingerprint density at radius 1 is 1.31 bits per heavy atom. The molecule has 3 atom stereocenters. The Morgan fingerprint density at radius 2 is 2.25 bits per heavy atom. The van der Waals surface area contributed by atoms with Crippen LogP contribution in [0.5, 0.6) is 0 Å². The molecule has 1 aliphatic carbocycles. The Hall–Kier alpha value is -0.340. The molecule has 0 aromatic heterocycles. The largest absolute Gasteiger partial charge is 0.314 e. The zero-order valence-electron chi connectivity index (χ0n) is 10.5. The molecular formula is C14H26N2. The van der Waals surface area contributed by atoms with Gasteiger partial charge in [0.15, 0.2) is 0 Å². The Morgan fingerprint density at radius 3 is 2.94 bits per heavy atom. The van der Waals surface area contributed by atoms with Gasteiger partial charge in [-0.2, -0.15) is 0 Å². The van der Waals surface area contributed by atoms with E-state index < -0.39 is 0 Å². The second kappa shape index (κ2) is 6.41. The van der Waals surface area contributed by atoms with Gasteiger partial charge in [0.2, 0.25) is 0 Å². The van der Waals surface area contributed by atoms with Crippen LogP contribution >= 0.6 is 0 Å². The predicted molar refractivity (Wildman–Crippen MR) is 69.6 cm³/mol. The third kappa shape index (κ3) is 3.91. The lowest BCUT2D eigenvalue weighted by molar-refractivity contribution is 0.322. The first kappa shape index (κ1) is 12.1. The summed E-state index contributed by atoms with van der Waals surface area (Å²) in [7, 11) is 0. The van der Waals surface area contributed by atoms with Gasteiger partial charge in [-0.1, -0.05) is 18.6 Å². The Kier molecular flexibility index (Phi) is 4.86. The van der Waals surface area contributed by atoms with Gasteiger partial charge >= 0.3 is 0 Å². The molecule has 2 aliphatic rings. The number of hydrogen-bond acceptors (Lipinski definition) is 2. The molecule has 2 N–H and O–H groups in total. The van der Waals surface area contributed by atoms with Crippen LogP contribution in [-0.2, 0) is 0 Å². The minimum atomic E-state index is 0.659. The molecule has 16 heavy (non-hydrogen) atoms. The Bertz CT molecular complexity index is 219. The Balaban J connectivity index is 1.66. The van der Waals surface area contributed by atoms with Crippen LogP contribution in [0.1, 0.15) is 51.9 Å². The van der Waals surface area contributed by atoms with Crippen molar-refractivity contribution in [1.29, 1.82) is 0 Å². The van der Waals surface area contributed by atoms with Gasteiger partial charge < -0.3 is 10.6 Å². The van der Waals surface area contributed by atoms with E-state index in [0.29, 0.717) is 6.04 Å². The fraction of sp³-hybridized carbons (Fsp3) is 0.857. The highest BCUT2D eigenvalue weighted by molar-refractivity contribution is 4.94. The fourth-order valence-electron chi connectivity index (χ4n) is 2.97. The van der Waals surface area contributed by atoms with Gasteiger partial charge in [0, 0.05) is 18.1 Å². The summed E-state index contributed by atoms with van der Waals surface area (Å²) in [4.78, 5) is 0. The topological polar surface area (TPSA) is 24.1 Å². The van der Waals surface area contributed by atoms with Gasteiger partial charge in [-0.05, 0) is 52.0 Å². The number of rotatable bonds is 4. The van der Waals surface area contributed by atoms with E-state index in [1.165, 1.54) is 51.5 Å². The molecule has 1 saturated heterocycles. The summed E-state index contributed by atoms with van der Waals surface area (Å²) < 4.78 is 0. The van der Waals surface area contributed by atoms with Crippen LogP contribution in [0.25, 0.3) is 0 Å². The van der Waals surface area contributed by atoms with Gasteiger partial charge in [-0.25, -0.2) is 0 Å². The maximum atomic E-state index is 3.77. The quantitative estimate of drug-likeness (QED) is 0.715. The molecule has 0 bridgehead atoms. The van der Waals surface area contributed by atoms with Crippen molar-refractivity contribution in [3.63, 3.8) is 0 Å². The van der Waals surface area contributed by atoms with E-state index >= 15 is 0 Å². The maximum absolute atomic E-state index is 3.77. The van der Waals surface area contributed by atoms with Gasteiger partial charge in [0.25, 0.3) is 0 Å². The normalized spacial score (nSPS) is 32.6. The molecular weight excluding hydrogens is 196 g/mol. The van der Waals surface area contributed by atoms with E-state index in [9.17, 15) is 0 Å². The number of piperidine rings is 1. The van der Waals surface area contributed by atoms with E-state index in [1.54, 1.807) is 0 Å². The van der Waals surface area contributed by atoms with Crippen LogP contribution in [0.15, 0.2) is 12.2 Å². The van der Waals surface area contributed by atoms with Crippen molar-refractivity contribution < 1.29 is 0 Å². The van der Waals surface area contributed by atoms with Crippen LogP contribution in [0.4, 0.5) is 0 Å². The first-order valence-corrected chi connectivity index (χ1v) is 6.99. The molecule has 0 amide bonds. The predicted octanol–water partition coefficient (Wildman–Crippen LogP) is 2.61. The molecule has 0 radical (unpaired) electrons. The summed E-state index contributed by atoms with van der Waals surface area (Å²) in [5, 5.41) is 7.41. The molecule has 2 rings (SSSR count). The maximum Gasteiger partial charge on any atom is 0.0107 e. The van der Waals surface area contributed by atoms with Crippen LogP contribution < -0.4 is 10.6 Å². The standard InChI is InChI=1S/C14H26N2/c1-12(11-14-9-5-6-10-15-14)16-13-7-3-2-4-8-13/h2-3,12-16H,4-11H2,1H3. The molecule has 0 aromatic carbocycles. The molecule has 0 spiro atoms. The van der Waals surface area contributed by atoms with E-state index in [2.05, 4.69) is 29.7 Å². The molecule has 2 nitrogen and oxygen atoms in total. The van der Waals surface area contributed by atoms with Crippen molar-refractivity contribution in [2.75, 3.05) is 6.54 Å². The average molecular weight is 222 g/mol. The van der Waals surface area contributed by atoms with Crippen molar-refractivity contribution in [3.8, 4) is 0 Å². The van der Waals surface area contributed by atoms with Gasteiger partial charge in [0.1, 0.15) is 0 Å². The van der Waals surface area contributed by atoms with Gasteiger partial charge in [0.05, 0.1) is 0 Å². The van der Waals surface area contributed by atoms with Crippen LogP contribution in [-0.4, -0.2) is 24.7 Å². The van der Waals surface area contributed by atoms with Crippen molar-refractivity contribution in [1.82, 2.24) is 10.6 Å². The molecule has 1 fully saturated rings. The zero-order valence-corrected chi connectivity index (χ0v) is 10.5. The molecule has 92 valence electrons. The summed E-state index contributed by atoms with van der Waals surface area (Å²) in [5.74, 6) is 0. The van der Waals surface area contributed by atoms with Crippen molar-refractivity contribution in [2.45, 2.75) is 70.0 Å². The first-order chi connectivity index (χ1) is 7.84. The third-order valence-electron chi connectivity index (χ3n) is 3.84. The molecule has 3 unspecified atom stereocenters. The van der Waals surface area contributed by atoms with E-state index in [4.69, 9.17) is 0 Å². The second-order valence-electron chi connectivity index (χ2n) is 5.43. The molecule has 2 heteroatoms. The lowest BCUT2D eigenvalue weighted by Crippen LogP contribution is -2.43. The highest BCUT2D eigenvalue weighted by atomic mass is 15.0. The summed E-state index contributed by atoms with van der Waals surface area (Å²) in [6.07, 6.45) is 13.9. The second-order valence-corrected chi connectivity index (χ2v) is 5.43. The monoisotopic (exact) mass is 222 g/mol. The summed E-state index contributed by atoms with van der Waals surface area (Å²) >= 11 is 0. The minimum absolute atomic E-state index is 0.659. The summed E-state index contributed by atoms with van der Waals surface area (Å²) in [6, 6.07) is 2.14. The third-order valence-corrected chi connectivity index (χ3v) is 3.84. The molecule has 1 aliphatic heterocycles. The lowest BCUT2D eigenvalue weighted by atomic mass is 9.96. The summed E-state index contributed by atoms with van der Waals surface area (Å²) in [5.41, 5.74) is 0. The van der Waals surface area contributed by atoms with Crippen molar-refractivity contribution in [2.24, 2.45) is 0 Å². The number of allylic oxidation sites excluding steroid dienone is 1. The highest BCUT2D eigenvalue weighted by Gasteiger charge is 2.18. The van der Waals surface area contributed by atoms with E-state index in [0.717, 1.165) is 12.1 Å². The average Bonchev–Trinajstić information content (AvgIpc) is 2.31. The highest BCUT2D eigenvalue weighted by Crippen LogP contribution is 2.15. The van der Waals surface area contributed by atoms with Gasteiger partial charge in [-0.15, -0.1) is 0 Å². The van der Waals surface area contributed by atoms with Crippen LogP contribution in [0.3, 0.4) is 0 Å². The number of nitrogens with one attached hydrogen (secondary N) is 2. The summed E-state index contributed by atoms with van der Waals surface area (Å²) in [6.45, 7) is 3.57. The minimum Gasteiger partial charge on any atom is -0.314 e. The lowest BCUT2D eigenvalue weighted by Gasteiger charge is -2.29. The fourth-order valence-corrected chi connectivity index (χ4v) is 2.97. The SMILES string of the molecule is CC(CC1CCCCN1)NC1CC=CCC1. The Labute approximate surface area is 99.9 Å².